The largest absolute Gasteiger partial charge is 0.339 e. The van der Waals surface area contributed by atoms with Crippen LogP contribution in [0.2, 0.25) is 0 Å². The van der Waals surface area contributed by atoms with Crippen LogP contribution < -0.4 is 0 Å². The monoisotopic (exact) mass is 223 g/mol. The highest BCUT2D eigenvalue weighted by Crippen LogP contribution is 2.24. The second kappa shape index (κ2) is 4.98. The Morgan fingerprint density at radius 2 is 1.80 bits per heavy atom. The van der Waals surface area contributed by atoms with Crippen molar-refractivity contribution in [3.63, 3.8) is 0 Å². The quantitative estimate of drug-likeness (QED) is 0.571. The summed E-state index contributed by atoms with van der Waals surface area (Å²) >= 11 is 1.07. The van der Waals surface area contributed by atoms with Gasteiger partial charge in [0.05, 0.1) is 0 Å². The number of hydrogen-bond donors (Lipinski definition) is 0. The number of Topliss-reactive ketones (excluding diaryl/α,β-unsaturated/α-hetero) is 1. The minimum absolute atomic E-state index is 0.0235. The van der Waals surface area contributed by atoms with E-state index in [4.69, 9.17) is 0 Å². The van der Waals surface area contributed by atoms with Gasteiger partial charge in [-0.25, -0.2) is 0 Å². The van der Waals surface area contributed by atoms with Crippen molar-refractivity contribution in [2.45, 2.75) is 11.8 Å². The predicted molar refractivity (Wildman–Crippen MR) is 61.4 cm³/mol. The van der Waals surface area contributed by atoms with Gasteiger partial charge in [-0.2, -0.15) is 0 Å². The number of carbonyl (C=O) groups is 2. The topological polar surface area (TPSA) is 37.4 Å². The summed E-state index contributed by atoms with van der Waals surface area (Å²) in [5, 5.41) is -0.0799. The molecule has 1 amide bonds. The van der Waals surface area contributed by atoms with E-state index in [1.165, 1.54) is 11.8 Å². The van der Waals surface area contributed by atoms with Crippen molar-refractivity contribution in [2.24, 2.45) is 0 Å². The van der Waals surface area contributed by atoms with E-state index in [-0.39, 0.29) is 11.0 Å². The van der Waals surface area contributed by atoms with Crippen molar-refractivity contribution in [3.05, 3.63) is 29.8 Å². The summed E-state index contributed by atoms with van der Waals surface area (Å²) in [6.45, 7) is 1.50. The lowest BCUT2D eigenvalue weighted by molar-refractivity contribution is 0.101. The predicted octanol–water partition coefficient (Wildman–Crippen LogP) is 2.66. The highest BCUT2D eigenvalue weighted by Gasteiger charge is 2.12. The van der Waals surface area contributed by atoms with Gasteiger partial charge >= 0.3 is 0 Å². The Balaban J connectivity index is 2.94. The number of benzene rings is 1. The fourth-order valence-electron chi connectivity index (χ4n) is 1.03. The maximum atomic E-state index is 11.5. The molecule has 0 bridgehead atoms. The first kappa shape index (κ1) is 11.8. The first-order chi connectivity index (χ1) is 7.02. The molecule has 3 nitrogen and oxygen atoms in total. The van der Waals surface area contributed by atoms with Gasteiger partial charge in [0.2, 0.25) is 0 Å². The zero-order valence-corrected chi connectivity index (χ0v) is 9.80. The number of ketones is 1. The molecule has 1 aromatic carbocycles. The van der Waals surface area contributed by atoms with Crippen LogP contribution >= 0.6 is 11.8 Å². The van der Waals surface area contributed by atoms with Crippen LogP contribution in [-0.2, 0) is 0 Å². The van der Waals surface area contributed by atoms with E-state index in [2.05, 4.69) is 0 Å². The molecule has 80 valence electrons. The molecule has 0 fully saturated rings. The lowest BCUT2D eigenvalue weighted by atomic mass is 10.1. The van der Waals surface area contributed by atoms with Crippen molar-refractivity contribution in [1.82, 2.24) is 4.90 Å². The summed E-state index contributed by atoms with van der Waals surface area (Å²) in [6.07, 6.45) is 0. The van der Waals surface area contributed by atoms with Crippen molar-refractivity contribution in [2.75, 3.05) is 14.1 Å². The fourth-order valence-corrected chi connectivity index (χ4v) is 1.87. The summed E-state index contributed by atoms with van der Waals surface area (Å²) in [7, 11) is 3.37. The van der Waals surface area contributed by atoms with Crippen LogP contribution in [-0.4, -0.2) is 30.0 Å². The molecule has 0 saturated heterocycles. The average Bonchev–Trinajstić information content (AvgIpc) is 2.18. The summed E-state index contributed by atoms with van der Waals surface area (Å²) in [4.78, 5) is 24.9. The van der Waals surface area contributed by atoms with Crippen molar-refractivity contribution in [1.29, 1.82) is 0 Å². The molecule has 0 aliphatic rings. The Kier molecular flexibility index (Phi) is 3.91. The molecule has 1 rings (SSSR count). The second-order valence-corrected chi connectivity index (χ2v) is 4.31. The Bertz CT molecular complexity index is 388. The first-order valence-electron chi connectivity index (χ1n) is 4.51. The molecule has 0 heterocycles. The van der Waals surface area contributed by atoms with E-state index in [0.29, 0.717) is 10.5 Å². The van der Waals surface area contributed by atoms with Crippen LogP contribution in [0.5, 0.6) is 0 Å². The zero-order chi connectivity index (χ0) is 11.4. The van der Waals surface area contributed by atoms with Gasteiger partial charge < -0.3 is 4.90 Å². The molecule has 4 heteroatoms. The van der Waals surface area contributed by atoms with Gasteiger partial charge in [0.1, 0.15) is 0 Å². The van der Waals surface area contributed by atoms with Crippen LogP contribution in [0, 0.1) is 0 Å². The van der Waals surface area contributed by atoms with Crippen molar-refractivity contribution in [3.8, 4) is 0 Å². The number of carbonyl (C=O) groups excluding carboxylic acids is 2. The highest BCUT2D eigenvalue weighted by atomic mass is 32.2. The lowest BCUT2D eigenvalue weighted by Crippen LogP contribution is -2.16. The Morgan fingerprint density at radius 3 is 2.33 bits per heavy atom. The number of rotatable bonds is 2. The minimum Gasteiger partial charge on any atom is -0.339 e. The molecule has 0 spiro atoms. The maximum Gasteiger partial charge on any atom is 0.285 e. The maximum absolute atomic E-state index is 11.5. The molecule has 15 heavy (non-hydrogen) atoms. The van der Waals surface area contributed by atoms with Gasteiger partial charge in [0.15, 0.2) is 5.78 Å². The summed E-state index contributed by atoms with van der Waals surface area (Å²) in [5.74, 6) is -0.0235. The number of amides is 1. The highest BCUT2D eigenvalue weighted by molar-refractivity contribution is 8.13. The number of nitrogens with zero attached hydrogens (tertiary/aromatic N) is 1. The molecule has 0 radical (unpaired) electrons. The standard InChI is InChI=1S/C11H13NO2S/c1-8(13)9-6-4-5-7-10(9)15-11(14)12(2)3/h4-7H,1-3H3. The second-order valence-electron chi connectivity index (χ2n) is 3.31. The first-order valence-corrected chi connectivity index (χ1v) is 5.33. The smallest absolute Gasteiger partial charge is 0.285 e. The van der Waals surface area contributed by atoms with Crippen molar-refractivity contribution >= 4 is 22.8 Å². The summed E-state index contributed by atoms with van der Waals surface area (Å²) < 4.78 is 0. The summed E-state index contributed by atoms with van der Waals surface area (Å²) in [5.41, 5.74) is 0.595. The Labute approximate surface area is 93.5 Å². The molecular weight excluding hydrogens is 210 g/mol. The lowest BCUT2D eigenvalue weighted by Gasteiger charge is -2.10. The van der Waals surface area contributed by atoms with Crippen LogP contribution in [0.1, 0.15) is 17.3 Å². The minimum atomic E-state index is -0.0799. The van der Waals surface area contributed by atoms with Crippen LogP contribution in [0.15, 0.2) is 29.2 Å². The van der Waals surface area contributed by atoms with Gasteiger partial charge in [0.25, 0.3) is 5.24 Å². The van der Waals surface area contributed by atoms with Gasteiger partial charge in [-0.3, -0.25) is 9.59 Å². The van der Waals surface area contributed by atoms with E-state index in [9.17, 15) is 9.59 Å². The molecule has 0 N–H and O–H groups in total. The van der Waals surface area contributed by atoms with Gasteiger partial charge in [-0.15, -0.1) is 0 Å². The third kappa shape index (κ3) is 3.09. The van der Waals surface area contributed by atoms with Crippen LogP contribution in [0.4, 0.5) is 4.79 Å². The van der Waals surface area contributed by atoms with Gasteiger partial charge in [-0.1, -0.05) is 18.2 Å². The number of hydrogen-bond acceptors (Lipinski definition) is 3. The molecule has 0 atom stereocenters. The van der Waals surface area contributed by atoms with E-state index in [0.717, 1.165) is 11.8 Å². The Morgan fingerprint density at radius 1 is 1.20 bits per heavy atom. The third-order valence-electron chi connectivity index (χ3n) is 1.83. The number of thioether (sulfide) groups is 1. The molecular formula is C11H13NO2S. The Hall–Kier alpha value is -1.29. The average molecular weight is 223 g/mol. The molecule has 1 aromatic rings. The van der Waals surface area contributed by atoms with Crippen LogP contribution in [0.3, 0.4) is 0 Å². The molecule has 0 aliphatic carbocycles. The SMILES string of the molecule is CC(=O)c1ccccc1SC(=O)N(C)C. The molecule has 0 saturated carbocycles. The van der Waals surface area contributed by atoms with Gasteiger partial charge in [-0.05, 0) is 24.8 Å². The van der Waals surface area contributed by atoms with Crippen LogP contribution in [0.25, 0.3) is 0 Å². The fraction of sp³-hybridized carbons (Fsp3) is 0.273. The zero-order valence-electron chi connectivity index (χ0n) is 8.98. The van der Waals surface area contributed by atoms with E-state index < -0.39 is 0 Å². The molecule has 0 aliphatic heterocycles. The van der Waals surface area contributed by atoms with E-state index in [1.807, 2.05) is 6.07 Å². The van der Waals surface area contributed by atoms with Gasteiger partial charge in [0, 0.05) is 24.6 Å². The van der Waals surface area contributed by atoms with E-state index in [1.54, 1.807) is 32.3 Å². The summed E-state index contributed by atoms with van der Waals surface area (Å²) in [6, 6.07) is 7.12. The normalized spacial score (nSPS) is 9.80. The molecule has 0 aromatic heterocycles. The third-order valence-corrected chi connectivity index (χ3v) is 2.94. The van der Waals surface area contributed by atoms with Crippen molar-refractivity contribution < 1.29 is 9.59 Å². The van der Waals surface area contributed by atoms with E-state index >= 15 is 0 Å². The molecule has 0 unspecified atom stereocenters.